The lowest BCUT2D eigenvalue weighted by molar-refractivity contribution is -0.114. The molecular formula is C26H32N4O4. The average Bonchev–Trinajstić information content (AvgIpc) is 3.41. The predicted octanol–water partition coefficient (Wildman–Crippen LogP) is 3.27. The first-order chi connectivity index (χ1) is 16.6. The van der Waals surface area contributed by atoms with Crippen LogP contribution in [0.4, 0.5) is 11.4 Å². The van der Waals surface area contributed by atoms with Gasteiger partial charge in [-0.05, 0) is 80.6 Å². The summed E-state index contributed by atoms with van der Waals surface area (Å²) in [6, 6.07) is 14.0. The van der Waals surface area contributed by atoms with Crippen LogP contribution >= 0.6 is 0 Å². The molecular weight excluding hydrogens is 432 g/mol. The highest BCUT2D eigenvalue weighted by Crippen LogP contribution is 2.16. The first-order valence-electron chi connectivity index (χ1n) is 12.0. The molecule has 4 rings (SSSR count). The molecule has 1 atom stereocenters. The Hall–Kier alpha value is -3.39. The molecule has 1 unspecified atom stereocenters. The van der Waals surface area contributed by atoms with E-state index in [0.717, 1.165) is 51.1 Å². The van der Waals surface area contributed by atoms with E-state index in [4.69, 9.17) is 4.74 Å². The number of ether oxygens (including phenoxy) is 1. The summed E-state index contributed by atoms with van der Waals surface area (Å²) in [5.41, 5.74) is 2.58. The van der Waals surface area contributed by atoms with Crippen molar-refractivity contribution in [3.8, 4) is 0 Å². The van der Waals surface area contributed by atoms with Crippen LogP contribution in [0.2, 0.25) is 0 Å². The van der Waals surface area contributed by atoms with Crippen molar-refractivity contribution in [1.29, 1.82) is 0 Å². The van der Waals surface area contributed by atoms with Gasteiger partial charge in [0.05, 0.1) is 12.6 Å². The van der Waals surface area contributed by atoms with Crippen molar-refractivity contribution in [2.45, 2.75) is 38.2 Å². The van der Waals surface area contributed by atoms with E-state index in [0.29, 0.717) is 23.4 Å². The monoisotopic (exact) mass is 464 g/mol. The van der Waals surface area contributed by atoms with Crippen LogP contribution in [0, 0.1) is 0 Å². The molecule has 0 aliphatic carbocycles. The summed E-state index contributed by atoms with van der Waals surface area (Å²) in [6.07, 6.45) is 5.41. The third-order valence-corrected chi connectivity index (χ3v) is 6.17. The van der Waals surface area contributed by atoms with E-state index in [-0.39, 0.29) is 30.4 Å². The van der Waals surface area contributed by atoms with E-state index >= 15 is 0 Å². The van der Waals surface area contributed by atoms with Crippen molar-refractivity contribution in [1.82, 2.24) is 10.2 Å². The van der Waals surface area contributed by atoms with Crippen LogP contribution in [0.25, 0.3) is 0 Å². The second kappa shape index (κ2) is 11.7. The lowest BCUT2D eigenvalue weighted by atomic mass is 10.1. The summed E-state index contributed by atoms with van der Waals surface area (Å²) in [6.45, 7) is 2.99. The van der Waals surface area contributed by atoms with Crippen LogP contribution in [0.15, 0.2) is 48.5 Å². The fraction of sp³-hybridized carbons (Fsp3) is 0.423. The molecule has 2 aliphatic rings. The molecule has 0 bridgehead atoms. The summed E-state index contributed by atoms with van der Waals surface area (Å²) in [7, 11) is 0. The van der Waals surface area contributed by atoms with Crippen LogP contribution in [0.1, 0.15) is 52.8 Å². The van der Waals surface area contributed by atoms with E-state index in [2.05, 4.69) is 16.0 Å². The molecule has 2 heterocycles. The zero-order chi connectivity index (χ0) is 23.8. The first-order valence-corrected chi connectivity index (χ1v) is 12.0. The van der Waals surface area contributed by atoms with Gasteiger partial charge in [0, 0.05) is 48.7 Å². The van der Waals surface area contributed by atoms with Crippen LogP contribution in [0.5, 0.6) is 0 Å². The highest BCUT2D eigenvalue weighted by Gasteiger charge is 2.18. The van der Waals surface area contributed by atoms with Gasteiger partial charge < -0.3 is 25.6 Å². The number of carbonyl (C=O) groups excluding carboxylic acids is 3. The molecule has 0 saturated carbocycles. The van der Waals surface area contributed by atoms with Crippen molar-refractivity contribution in [2.75, 3.05) is 43.4 Å². The van der Waals surface area contributed by atoms with Crippen molar-refractivity contribution in [3.05, 3.63) is 59.7 Å². The van der Waals surface area contributed by atoms with Crippen LogP contribution in [-0.4, -0.2) is 61.5 Å². The molecule has 0 aromatic heterocycles. The number of nitrogens with zero attached hydrogens (tertiary/aromatic N) is 1. The van der Waals surface area contributed by atoms with E-state index < -0.39 is 0 Å². The van der Waals surface area contributed by atoms with Crippen molar-refractivity contribution >= 4 is 29.1 Å². The maximum Gasteiger partial charge on any atom is 0.253 e. The summed E-state index contributed by atoms with van der Waals surface area (Å²) >= 11 is 0. The topological polar surface area (TPSA) is 99.8 Å². The maximum absolute atomic E-state index is 12.6. The van der Waals surface area contributed by atoms with Crippen LogP contribution in [0.3, 0.4) is 0 Å². The Morgan fingerprint density at radius 2 is 1.53 bits per heavy atom. The SMILES string of the molecule is O=C(CNc1ccc(C(=O)N2CCCCC2)cc1)Nc1ccc(C(=O)NCC2CCCO2)cc1. The lowest BCUT2D eigenvalue weighted by Gasteiger charge is -2.26. The standard InChI is InChI=1S/C26H32N4O4/c31-24(18-27-21-10-8-20(9-11-21)26(33)30-14-2-1-3-15-30)29-22-12-6-19(7-13-22)25(32)28-17-23-5-4-16-34-23/h6-13,23,27H,1-5,14-18H2,(H,28,32)(H,29,31). The van der Waals surface area contributed by atoms with Crippen molar-refractivity contribution < 1.29 is 19.1 Å². The van der Waals surface area contributed by atoms with Gasteiger partial charge in [0.2, 0.25) is 5.91 Å². The minimum atomic E-state index is -0.205. The van der Waals surface area contributed by atoms with Gasteiger partial charge in [-0.2, -0.15) is 0 Å². The Kier molecular flexibility index (Phi) is 8.14. The van der Waals surface area contributed by atoms with Crippen LogP contribution < -0.4 is 16.0 Å². The number of nitrogens with one attached hydrogen (secondary N) is 3. The summed E-state index contributed by atoms with van der Waals surface area (Å²) in [4.78, 5) is 39.0. The van der Waals surface area contributed by atoms with Gasteiger partial charge in [-0.25, -0.2) is 0 Å². The predicted molar refractivity (Wildman–Crippen MR) is 131 cm³/mol. The molecule has 0 spiro atoms. The number of likely N-dealkylation sites (tertiary alicyclic amines) is 1. The number of benzene rings is 2. The smallest absolute Gasteiger partial charge is 0.253 e. The Bertz CT molecular complexity index is 979. The number of hydrogen-bond donors (Lipinski definition) is 3. The molecule has 3 N–H and O–H groups in total. The summed E-state index contributed by atoms with van der Waals surface area (Å²) in [5, 5.41) is 8.77. The third kappa shape index (κ3) is 6.57. The zero-order valence-corrected chi connectivity index (χ0v) is 19.3. The first kappa shape index (κ1) is 23.8. The third-order valence-electron chi connectivity index (χ3n) is 6.17. The number of rotatable bonds is 8. The molecule has 2 aromatic rings. The molecule has 2 aromatic carbocycles. The summed E-state index contributed by atoms with van der Waals surface area (Å²) in [5.74, 6) is -0.297. The van der Waals surface area contributed by atoms with Crippen LogP contribution in [-0.2, 0) is 9.53 Å². The van der Waals surface area contributed by atoms with Crippen molar-refractivity contribution in [2.24, 2.45) is 0 Å². The lowest BCUT2D eigenvalue weighted by Crippen LogP contribution is -2.35. The number of anilines is 2. The minimum Gasteiger partial charge on any atom is -0.376 e. The molecule has 0 radical (unpaired) electrons. The molecule has 2 aliphatic heterocycles. The number of amides is 3. The number of carbonyl (C=O) groups is 3. The van der Waals surface area contributed by atoms with Gasteiger partial charge in [-0.15, -0.1) is 0 Å². The number of hydrogen-bond acceptors (Lipinski definition) is 5. The van der Waals surface area contributed by atoms with Gasteiger partial charge >= 0.3 is 0 Å². The summed E-state index contributed by atoms with van der Waals surface area (Å²) < 4.78 is 5.51. The Morgan fingerprint density at radius 3 is 2.21 bits per heavy atom. The molecule has 8 nitrogen and oxygen atoms in total. The number of piperidine rings is 1. The molecule has 2 fully saturated rings. The van der Waals surface area contributed by atoms with E-state index in [1.54, 1.807) is 36.4 Å². The normalized spacial score (nSPS) is 17.8. The Labute approximate surface area is 200 Å². The fourth-order valence-electron chi connectivity index (χ4n) is 4.22. The van der Waals surface area contributed by atoms with Gasteiger partial charge in [0.1, 0.15) is 0 Å². The Balaban J connectivity index is 1.20. The van der Waals surface area contributed by atoms with Gasteiger partial charge in [0.15, 0.2) is 0 Å². The molecule has 34 heavy (non-hydrogen) atoms. The van der Waals surface area contributed by atoms with Crippen molar-refractivity contribution in [3.63, 3.8) is 0 Å². The van der Waals surface area contributed by atoms with Gasteiger partial charge in [-0.1, -0.05) is 0 Å². The molecule has 3 amide bonds. The molecule has 180 valence electrons. The largest absolute Gasteiger partial charge is 0.376 e. The van der Waals surface area contributed by atoms with Gasteiger partial charge in [0.25, 0.3) is 11.8 Å². The minimum absolute atomic E-state index is 0.0630. The second-order valence-electron chi connectivity index (χ2n) is 8.75. The fourth-order valence-corrected chi connectivity index (χ4v) is 4.22. The Morgan fingerprint density at radius 1 is 0.853 bits per heavy atom. The quantitative estimate of drug-likeness (QED) is 0.557. The highest BCUT2D eigenvalue weighted by molar-refractivity contribution is 5.97. The highest BCUT2D eigenvalue weighted by atomic mass is 16.5. The van der Waals surface area contributed by atoms with Gasteiger partial charge in [-0.3, -0.25) is 14.4 Å². The molecule has 2 saturated heterocycles. The maximum atomic E-state index is 12.6. The average molecular weight is 465 g/mol. The van der Waals surface area contributed by atoms with E-state index in [1.807, 2.05) is 17.0 Å². The van der Waals surface area contributed by atoms with E-state index in [1.165, 1.54) is 6.42 Å². The van der Waals surface area contributed by atoms with E-state index in [9.17, 15) is 14.4 Å². The second-order valence-corrected chi connectivity index (χ2v) is 8.75. The molecule has 8 heteroatoms. The zero-order valence-electron chi connectivity index (χ0n) is 19.3.